The predicted molar refractivity (Wildman–Crippen MR) is 67.2 cm³/mol. The van der Waals surface area contributed by atoms with Crippen molar-refractivity contribution >= 4 is 0 Å². The lowest BCUT2D eigenvalue weighted by molar-refractivity contribution is -0.0904. The van der Waals surface area contributed by atoms with Gasteiger partial charge < -0.3 is 10.1 Å². The molecule has 0 spiro atoms. The van der Waals surface area contributed by atoms with E-state index in [9.17, 15) is 0 Å². The largest absolute Gasteiger partial charge is 0.371 e. The Balaban J connectivity index is 4.16. The zero-order valence-corrected chi connectivity index (χ0v) is 11.6. The van der Waals surface area contributed by atoms with Crippen molar-refractivity contribution in [3.63, 3.8) is 0 Å². The highest BCUT2D eigenvalue weighted by molar-refractivity contribution is 4.74. The monoisotopic (exact) mass is 215 g/mol. The Morgan fingerprint density at radius 2 is 1.67 bits per heavy atom. The minimum absolute atomic E-state index is 0.00635. The Hall–Kier alpha value is -0.0800. The van der Waals surface area contributed by atoms with Gasteiger partial charge in [-0.15, -0.1) is 0 Å². The molecule has 1 atom stereocenters. The summed E-state index contributed by atoms with van der Waals surface area (Å²) in [6, 6.07) is 0.527. The lowest BCUT2D eigenvalue weighted by atomic mass is 10.0. The third kappa shape index (κ3) is 6.91. The molecule has 0 bridgehead atoms. The van der Waals surface area contributed by atoms with Crippen molar-refractivity contribution in [3.05, 3.63) is 0 Å². The first-order valence-corrected chi connectivity index (χ1v) is 6.19. The molecule has 0 aromatic carbocycles. The molecule has 2 nitrogen and oxygen atoms in total. The van der Waals surface area contributed by atoms with E-state index in [-0.39, 0.29) is 5.60 Å². The highest BCUT2D eigenvalue weighted by Crippen LogP contribution is 2.19. The summed E-state index contributed by atoms with van der Waals surface area (Å²) >= 11 is 0. The van der Waals surface area contributed by atoms with Crippen LogP contribution in [0.2, 0.25) is 0 Å². The second-order valence-corrected chi connectivity index (χ2v) is 5.58. The predicted octanol–water partition coefficient (Wildman–Crippen LogP) is 3.21. The van der Waals surface area contributed by atoms with E-state index in [1.54, 1.807) is 0 Å². The SMILES string of the molecule is CCC(C)(C)OC(CNC(C)C)C(C)C. The van der Waals surface area contributed by atoms with Gasteiger partial charge in [-0.05, 0) is 26.2 Å². The number of hydrogen-bond donors (Lipinski definition) is 1. The molecule has 1 unspecified atom stereocenters. The van der Waals surface area contributed by atoms with Gasteiger partial charge in [0, 0.05) is 12.6 Å². The average Bonchev–Trinajstić information content (AvgIpc) is 2.11. The molecule has 0 fully saturated rings. The fourth-order valence-corrected chi connectivity index (χ4v) is 1.26. The molecule has 0 saturated heterocycles. The van der Waals surface area contributed by atoms with Gasteiger partial charge in [0.05, 0.1) is 11.7 Å². The molecule has 0 aliphatic heterocycles. The number of rotatable bonds is 7. The maximum Gasteiger partial charge on any atom is 0.0729 e. The van der Waals surface area contributed by atoms with Crippen molar-refractivity contribution in [2.75, 3.05) is 6.54 Å². The fourth-order valence-electron chi connectivity index (χ4n) is 1.26. The molecule has 92 valence electrons. The van der Waals surface area contributed by atoms with E-state index >= 15 is 0 Å². The van der Waals surface area contributed by atoms with Gasteiger partial charge >= 0.3 is 0 Å². The zero-order chi connectivity index (χ0) is 12.1. The van der Waals surface area contributed by atoms with Crippen LogP contribution in [0.25, 0.3) is 0 Å². The van der Waals surface area contributed by atoms with Crippen LogP contribution in [0.4, 0.5) is 0 Å². The van der Waals surface area contributed by atoms with Crippen LogP contribution in [-0.2, 0) is 4.74 Å². The second kappa shape index (κ2) is 6.49. The van der Waals surface area contributed by atoms with Crippen molar-refractivity contribution in [2.24, 2.45) is 5.92 Å². The summed E-state index contributed by atoms with van der Waals surface area (Å²) in [5.41, 5.74) is -0.00635. The Labute approximate surface area is 95.8 Å². The normalized spacial score (nSPS) is 15.0. The summed E-state index contributed by atoms with van der Waals surface area (Å²) in [5, 5.41) is 3.45. The smallest absolute Gasteiger partial charge is 0.0729 e. The van der Waals surface area contributed by atoms with Crippen LogP contribution in [-0.4, -0.2) is 24.3 Å². The van der Waals surface area contributed by atoms with Crippen LogP contribution in [0.3, 0.4) is 0 Å². The summed E-state index contributed by atoms with van der Waals surface area (Å²) in [5.74, 6) is 0.557. The van der Waals surface area contributed by atoms with Gasteiger partial charge in [0.2, 0.25) is 0 Å². The summed E-state index contributed by atoms with van der Waals surface area (Å²) < 4.78 is 6.14. The Morgan fingerprint density at radius 3 is 2.00 bits per heavy atom. The third-order valence-corrected chi connectivity index (χ3v) is 2.79. The molecule has 0 saturated carbocycles. The van der Waals surface area contributed by atoms with Gasteiger partial charge in [-0.2, -0.15) is 0 Å². The van der Waals surface area contributed by atoms with Crippen LogP contribution in [0, 0.1) is 5.92 Å². The van der Waals surface area contributed by atoms with Crippen LogP contribution in [0.5, 0.6) is 0 Å². The molecule has 0 aromatic heterocycles. The highest BCUT2D eigenvalue weighted by atomic mass is 16.5. The first kappa shape index (κ1) is 14.9. The molecule has 1 N–H and O–H groups in total. The van der Waals surface area contributed by atoms with Crippen LogP contribution < -0.4 is 5.32 Å². The van der Waals surface area contributed by atoms with E-state index in [0.717, 1.165) is 13.0 Å². The number of hydrogen-bond acceptors (Lipinski definition) is 2. The quantitative estimate of drug-likeness (QED) is 0.704. The van der Waals surface area contributed by atoms with Crippen molar-refractivity contribution in [1.82, 2.24) is 5.32 Å². The van der Waals surface area contributed by atoms with E-state index in [0.29, 0.717) is 18.1 Å². The first-order valence-electron chi connectivity index (χ1n) is 6.19. The molecule has 0 aromatic rings. The van der Waals surface area contributed by atoms with E-state index < -0.39 is 0 Å². The van der Waals surface area contributed by atoms with Gasteiger partial charge in [0.1, 0.15) is 0 Å². The van der Waals surface area contributed by atoms with Gasteiger partial charge in [-0.1, -0.05) is 34.6 Å². The van der Waals surface area contributed by atoms with Crippen molar-refractivity contribution in [2.45, 2.75) is 72.6 Å². The van der Waals surface area contributed by atoms with Crippen LogP contribution >= 0.6 is 0 Å². The molecule has 0 heterocycles. The van der Waals surface area contributed by atoms with Crippen LogP contribution in [0.1, 0.15) is 54.9 Å². The number of ether oxygens (including phenoxy) is 1. The van der Waals surface area contributed by atoms with E-state index in [4.69, 9.17) is 4.74 Å². The van der Waals surface area contributed by atoms with E-state index in [1.807, 2.05) is 0 Å². The molecule has 0 amide bonds. The van der Waals surface area contributed by atoms with Crippen molar-refractivity contribution < 1.29 is 4.74 Å². The van der Waals surface area contributed by atoms with Crippen LogP contribution in [0.15, 0.2) is 0 Å². The van der Waals surface area contributed by atoms with Crippen molar-refractivity contribution in [1.29, 1.82) is 0 Å². The molecular formula is C13H29NO. The Morgan fingerprint density at radius 1 is 1.13 bits per heavy atom. The standard InChI is InChI=1S/C13H29NO/c1-8-13(6,7)15-12(10(2)3)9-14-11(4)5/h10-12,14H,8-9H2,1-7H3. The minimum atomic E-state index is -0.00635. The molecule has 2 heteroatoms. The van der Waals surface area contributed by atoms with E-state index in [2.05, 4.69) is 53.8 Å². The minimum Gasteiger partial charge on any atom is -0.371 e. The number of nitrogens with one attached hydrogen (secondary N) is 1. The summed E-state index contributed by atoms with van der Waals surface area (Å²) in [4.78, 5) is 0. The highest BCUT2D eigenvalue weighted by Gasteiger charge is 2.23. The van der Waals surface area contributed by atoms with Gasteiger partial charge in [0.15, 0.2) is 0 Å². The summed E-state index contributed by atoms with van der Waals surface area (Å²) in [6.45, 7) is 16.2. The molecule has 0 radical (unpaired) electrons. The van der Waals surface area contributed by atoms with Gasteiger partial charge in [0.25, 0.3) is 0 Å². The topological polar surface area (TPSA) is 21.3 Å². The molecule has 0 aliphatic carbocycles. The Kier molecular flexibility index (Phi) is 6.46. The van der Waals surface area contributed by atoms with E-state index in [1.165, 1.54) is 0 Å². The molecule has 0 aliphatic rings. The molecule has 15 heavy (non-hydrogen) atoms. The fraction of sp³-hybridized carbons (Fsp3) is 1.00. The summed E-state index contributed by atoms with van der Waals surface area (Å²) in [7, 11) is 0. The maximum absolute atomic E-state index is 6.14. The lowest BCUT2D eigenvalue weighted by Crippen LogP contribution is -2.41. The van der Waals surface area contributed by atoms with Crippen molar-refractivity contribution in [3.8, 4) is 0 Å². The molecule has 0 rings (SSSR count). The summed E-state index contributed by atoms with van der Waals surface area (Å²) in [6.07, 6.45) is 1.36. The zero-order valence-electron chi connectivity index (χ0n) is 11.6. The second-order valence-electron chi connectivity index (χ2n) is 5.58. The Bertz CT molecular complexity index is 164. The van der Waals surface area contributed by atoms with Gasteiger partial charge in [-0.25, -0.2) is 0 Å². The third-order valence-electron chi connectivity index (χ3n) is 2.79. The first-order chi connectivity index (χ1) is 6.78. The average molecular weight is 215 g/mol. The maximum atomic E-state index is 6.14. The molecular weight excluding hydrogens is 186 g/mol. The van der Waals surface area contributed by atoms with Gasteiger partial charge in [-0.3, -0.25) is 0 Å². The lowest BCUT2D eigenvalue weighted by Gasteiger charge is -2.33.